The number of carbonyl (C=O) groups is 1. The third kappa shape index (κ3) is 5.06. The van der Waals surface area contributed by atoms with E-state index in [-0.39, 0.29) is 12.1 Å². The Labute approximate surface area is 125 Å². The summed E-state index contributed by atoms with van der Waals surface area (Å²) in [5, 5.41) is 5.84. The summed E-state index contributed by atoms with van der Waals surface area (Å²) in [4.78, 5) is 14.3. The summed E-state index contributed by atoms with van der Waals surface area (Å²) >= 11 is 0. The second-order valence-electron chi connectivity index (χ2n) is 5.65. The predicted molar refractivity (Wildman–Crippen MR) is 80.1 cm³/mol. The lowest BCUT2D eigenvalue weighted by molar-refractivity contribution is 0.155. The molecule has 6 nitrogen and oxygen atoms in total. The predicted octanol–water partition coefficient (Wildman–Crippen LogP) is 1.61. The fraction of sp³-hybridized carbons (Fsp3) is 0.667. The van der Waals surface area contributed by atoms with Crippen molar-refractivity contribution in [3.63, 3.8) is 0 Å². The van der Waals surface area contributed by atoms with E-state index < -0.39 is 0 Å². The van der Waals surface area contributed by atoms with Crippen LogP contribution in [0.4, 0.5) is 4.79 Å². The van der Waals surface area contributed by atoms with Gasteiger partial charge in [0.2, 0.25) is 0 Å². The van der Waals surface area contributed by atoms with Crippen molar-refractivity contribution in [2.24, 2.45) is 5.92 Å². The van der Waals surface area contributed by atoms with Gasteiger partial charge in [-0.15, -0.1) is 0 Å². The van der Waals surface area contributed by atoms with Crippen molar-refractivity contribution < 1.29 is 13.9 Å². The summed E-state index contributed by atoms with van der Waals surface area (Å²) in [7, 11) is 3.73. The van der Waals surface area contributed by atoms with Crippen LogP contribution in [-0.2, 0) is 4.74 Å². The van der Waals surface area contributed by atoms with Crippen LogP contribution >= 0.6 is 0 Å². The zero-order valence-electron chi connectivity index (χ0n) is 12.8. The van der Waals surface area contributed by atoms with Crippen LogP contribution in [0.25, 0.3) is 0 Å². The zero-order chi connectivity index (χ0) is 15.1. The van der Waals surface area contributed by atoms with Crippen LogP contribution < -0.4 is 10.6 Å². The monoisotopic (exact) mass is 295 g/mol. The summed E-state index contributed by atoms with van der Waals surface area (Å²) in [5.41, 5.74) is 0. The van der Waals surface area contributed by atoms with E-state index in [0.717, 1.165) is 13.1 Å². The second kappa shape index (κ2) is 8.05. The van der Waals surface area contributed by atoms with E-state index >= 15 is 0 Å². The third-order valence-corrected chi connectivity index (χ3v) is 3.80. The van der Waals surface area contributed by atoms with Gasteiger partial charge in [-0.2, -0.15) is 0 Å². The highest BCUT2D eigenvalue weighted by atomic mass is 16.5. The van der Waals surface area contributed by atoms with Crippen molar-refractivity contribution in [2.75, 3.05) is 40.4 Å². The highest BCUT2D eigenvalue weighted by molar-refractivity contribution is 5.74. The molecule has 6 heteroatoms. The van der Waals surface area contributed by atoms with Gasteiger partial charge in [-0.1, -0.05) is 0 Å². The van der Waals surface area contributed by atoms with E-state index in [2.05, 4.69) is 22.6 Å². The minimum atomic E-state index is -0.265. The van der Waals surface area contributed by atoms with Crippen LogP contribution in [0, 0.1) is 5.92 Å². The van der Waals surface area contributed by atoms with Crippen molar-refractivity contribution in [3.8, 4) is 0 Å². The maximum Gasteiger partial charge on any atom is 0.315 e. The Kier molecular flexibility index (Phi) is 6.07. The van der Waals surface area contributed by atoms with Crippen LogP contribution in [0.3, 0.4) is 0 Å². The van der Waals surface area contributed by atoms with Crippen molar-refractivity contribution >= 4 is 6.03 Å². The van der Waals surface area contributed by atoms with Gasteiger partial charge in [-0.25, -0.2) is 4.79 Å². The molecular formula is C15H25N3O3. The lowest BCUT2D eigenvalue weighted by Crippen LogP contribution is -2.44. The molecule has 1 aliphatic heterocycles. The molecule has 2 rings (SSSR count). The number of nitrogens with one attached hydrogen (secondary N) is 2. The van der Waals surface area contributed by atoms with Gasteiger partial charge >= 0.3 is 6.03 Å². The average molecular weight is 295 g/mol. The number of rotatable bonds is 6. The molecule has 2 heterocycles. The Balaban J connectivity index is 1.77. The van der Waals surface area contributed by atoms with Crippen molar-refractivity contribution in [3.05, 3.63) is 24.2 Å². The summed E-state index contributed by atoms with van der Waals surface area (Å²) in [6.07, 6.45) is 3.96. The Morgan fingerprint density at radius 3 is 3.14 bits per heavy atom. The largest absolute Gasteiger partial charge is 0.467 e. The number of nitrogens with zero attached hydrogens (tertiary/aromatic N) is 1. The molecule has 2 amide bonds. The van der Waals surface area contributed by atoms with Crippen LogP contribution in [0.2, 0.25) is 0 Å². The molecule has 1 saturated heterocycles. The van der Waals surface area contributed by atoms with Crippen molar-refractivity contribution in [2.45, 2.75) is 18.9 Å². The summed E-state index contributed by atoms with van der Waals surface area (Å²) in [6, 6.07) is 3.19. The molecule has 0 saturated carbocycles. The summed E-state index contributed by atoms with van der Waals surface area (Å²) < 4.78 is 10.5. The van der Waals surface area contributed by atoms with Gasteiger partial charge in [0.1, 0.15) is 11.8 Å². The number of furan rings is 1. The van der Waals surface area contributed by atoms with E-state index in [0.29, 0.717) is 24.8 Å². The number of ether oxygens (including phenoxy) is 1. The first-order valence-corrected chi connectivity index (χ1v) is 7.44. The molecule has 2 atom stereocenters. The van der Waals surface area contributed by atoms with Crippen LogP contribution in [0.1, 0.15) is 24.6 Å². The number of piperidine rings is 1. The highest BCUT2D eigenvalue weighted by Gasteiger charge is 2.20. The molecule has 118 valence electrons. The van der Waals surface area contributed by atoms with Gasteiger partial charge in [0.25, 0.3) is 0 Å². The zero-order valence-corrected chi connectivity index (χ0v) is 12.8. The fourth-order valence-corrected chi connectivity index (χ4v) is 2.74. The first-order valence-electron chi connectivity index (χ1n) is 7.44. The lowest BCUT2D eigenvalue weighted by atomic mass is 9.99. The van der Waals surface area contributed by atoms with Gasteiger partial charge in [-0.05, 0) is 44.5 Å². The molecule has 0 aliphatic carbocycles. The Bertz CT molecular complexity index is 422. The Morgan fingerprint density at radius 1 is 1.62 bits per heavy atom. The molecular weight excluding hydrogens is 270 g/mol. The fourth-order valence-electron chi connectivity index (χ4n) is 2.74. The maximum atomic E-state index is 12.0. The Hall–Kier alpha value is -1.53. The lowest BCUT2D eigenvalue weighted by Gasteiger charge is -2.29. The number of amides is 2. The number of likely N-dealkylation sites (tertiary alicyclic amines) is 1. The van der Waals surface area contributed by atoms with E-state index in [1.807, 2.05) is 6.07 Å². The molecule has 1 aromatic heterocycles. The summed E-state index contributed by atoms with van der Waals surface area (Å²) in [6.45, 7) is 3.28. The minimum absolute atomic E-state index is 0.179. The second-order valence-corrected chi connectivity index (χ2v) is 5.65. The standard InChI is InChI=1S/C15H25N3O3/c1-18-7-3-5-12(10-18)9-16-15(19)17-13(11-20-2)14-6-4-8-21-14/h4,6,8,12-13H,3,5,7,9-11H2,1-2H3,(H2,16,17,19)/t12-,13+/m0/s1. The van der Waals surface area contributed by atoms with Crippen LogP contribution in [0.5, 0.6) is 0 Å². The number of hydrogen-bond acceptors (Lipinski definition) is 4. The molecule has 2 N–H and O–H groups in total. The van der Waals surface area contributed by atoms with Crippen LogP contribution in [0.15, 0.2) is 22.8 Å². The number of urea groups is 1. The number of methoxy groups -OCH3 is 1. The normalized spacial score (nSPS) is 21.0. The molecule has 1 aliphatic rings. The SMILES string of the molecule is COC[C@@H](NC(=O)NC[C@@H]1CCCN(C)C1)c1ccco1. The molecule has 0 spiro atoms. The molecule has 0 radical (unpaired) electrons. The molecule has 0 aromatic carbocycles. The molecule has 0 bridgehead atoms. The summed E-state index contributed by atoms with van der Waals surface area (Å²) in [5.74, 6) is 1.23. The highest BCUT2D eigenvalue weighted by Crippen LogP contribution is 2.15. The van der Waals surface area contributed by atoms with Crippen molar-refractivity contribution in [1.29, 1.82) is 0 Å². The topological polar surface area (TPSA) is 66.7 Å². The van der Waals surface area contributed by atoms with Crippen molar-refractivity contribution in [1.82, 2.24) is 15.5 Å². The maximum absolute atomic E-state index is 12.0. The first kappa shape index (κ1) is 15.9. The Morgan fingerprint density at radius 2 is 2.48 bits per heavy atom. The van der Waals surface area contributed by atoms with Gasteiger partial charge in [0.15, 0.2) is 0 Å². The van der Waals surface area contributed by atoms with Gasteiger partial charge in [0, 0.05) is 20.2 Å². The molecule has 1 fully saturated rings. The first-order chi connectivity index (χ1) is 10.2. The van der Waals surface area contributed by atoms with E-state index in [1.165, 1.54) is 12.8 Å². The van der Waals surface area contributed by atoms with Gasteiger partial charge < -0.3 is 24.7 Å². The van der Waals surface area contributed by atoms with E-state index in [4.69, 9.17) is 9.15 Å². The molecule has 21 heavy (non-hydrogen) atoms. The molecule has 1 aromatic rings. The van der Waals surface area contributed by atoms with Crippen LogP contribution in [-0.4, -0.2) is 51.3 Å². The number of hydrogen-bond donors (Lipinski definition) is 2. The van der Waals surface area contributed by atoms with E-state index in [1.54, 1.807) is 19.4 Å². The van der Waals surface area contributed by atoms with Gasteiger partial charge in [0.05, 0.1) is 12.9 Å². The average Bonchev–Trinajstić information content (AvgIpc) is 2.99. The number of carbonyl (C=O) groups excluding carboxylic acids is 1. The third-order valence-electron chi connectivity index (χ3n) is 3.80. The smallest absolute Gasteiger partial charge is 0.315 e. The molecule has 0 unspecified atom stereocenters. The minimum Gasteiger partial charge on any atom is -0.467 e. The quantitative estimate of drug-likeness (QED) is 0.837. The van der Waals surface area contributed by atoms with Gasteiger partial charge in [-0.3, -0.25) is 0 Å². The van der Waals surface area contributed by atoms with E-state index in [9.17, 15) is 4.79 Å².